The quantitative estimate of drug-likeness (QED) is 0.144. The number of benzene rings is 14. The Morgan fingerprint density at radius 2 is 0.562 bits per heavy atom. The second-order valence-electron chi connectivity index (χ2n) is 37.1. The van der Waals surface area contributed by atoms with Gasteiger partial charge in [-0.05, 0) is 239 Å². The molecule has 622 valence electrons. The van der Waals surface area contributed by atoms with Gasteiger partial charge in [-0.3, -0.25) is 0 Å². The minimum Gasteiger partial charge on any atom is -0.309 e. The molecule has 0 N–H and O–H groups in total. The second kappa shape index (κ2) is 35.7. The van der Waals surface area contributed by atoms with E-state index >= 15 is 0 Å². The fraction of sp³-hybridized carbons (Fsp3) is 0.288. The van der Waals surface area contributed by atoms with Crippen LogP contribution in [0, 0.1) is 27.7 Å². The predicted molar refractivity (Wildman–Crippen MR) is 537 cm³/mol. The van der Waals surface area contributed by atoms with Crippen molar-refractivity contribution in [2.24, 2.45) is 0 Å². The lowest BCUT2D eigenvalue weighted by molar-refractivity contribution is 0.567. The first kappa shape index (κ1) is 68.2. The van der Waals surface area contributed by atoms with Crippen LogP contribution in [0.2, 0.25) is 0 Å². The zero-order valence-corrected chi connectivity index (χ0v) is 74.7. The van der Waals surface area contributed by atoms with Crippen molar-refractivity contribution in [3.63, 3.8) is 0 Å². The van der Waals surface area contributed by atoms with E-state index < -0.39 is 24.2 Å². The minimum absolute atomic E-state index is 0. The number of hydrogen-bond acceptors (Lipinski definition) is 0. The Balaban J connectivity index is 0.000000196. The van der Waals surface area contributed by atoms with Gasteiger partial charge in [-0.2, -0.15) is 0 Å². The number of nitrogens with zero attached hydrogens (tertiary/aromatic N) is 3. The fourth-order valence-corrected chi connectivity index (χ4v) is 15.9. The van der Waals surface area contributed by atoms with Gasteiger partial charge in [0.1, 0.15) is 0 Å². The first-order chi connectivity index (χ1) is 64.0. The van der Waals surface area contributed by atoms with Gasteiger partial charge in [0, 0.05) is 49.4 Å². The Bertz CT molecular complexity index is 7480. The Morgan fingerprint density at radius 3 is 0.967 bits per heavy atom. The molecule has 0 radical (unpaired) electrons. The minimum atomic E-state index is -0.462. The van der Waals surface area contributed by atoms with Crippen LogP contribution in [0.4, 0.5) is 0 Å². The molecule has 0 saturated carbocycles. The van der Waals surface area contributed by atoms with E-state index in [0.29, 0.717) is 44.3 Å². The summed E-state index contributed by atoms with van der Waals surface area (Å²) >= 11 is 0. The molecular formula is C118H135N3. The second-order valence-corrected chi connectivity index (χ2v) is 37.1. The van der Waals surface area contributed by atoms with Crippen molar-refractivity contribution < 1.29 is 24.7 Å². The van der Waals surface area contributed by atoms with Crippen LogP contribution in [0.1, 0.15) is 247 Å². The summed E-state index contributed by atoms with van der Waals surface area (Å²) in [5.41, 5.74) is 23.5. The highest BCUT2D eigenvalue weighted by Gasteiger charge is 2.29. The van der Waals surface area contributed by atoms with Gasteiger partial charge < -0.3 is 13.7 Å². The highest BCUT2D eigenvalue weighted by molar-refractivity contribution is 6.20. The van der Waals surface area contributed by atoms with Gasteiger partial charge in [0.15, 0.2) is 0 Å². The highest BCUT2D eigenvalue weighted by atomic mass is 15.0. The summed E-state index contributed by atoms with van der Waals surface area (Å²) in [6.07, 6.45) is 0. The van der Waals surface area contributed by atoms with Crippen molar-refractivity contribution >= 4 is 65.4 Å². The molecule has 0 unspecified atom stereocenters. The lowest BCUT2D eigenvalue weighted by Gasteiger charge is -2.27. The summed E-state index contributed by atoms with van der Waals surface area (Å²) in [7, 11) is 0. The molecule has 0 aliphatic carbocycles. The summed E-state index contributed by atoms with van der Waals surface area (Å²) in [5, 5.41) is 5.30. The molecule has 14 aromatic carbocycles. The maximum atomic E-state index is 8.95. The third-order valence-electron chi connectivity index (χ3n) is 22.4. The molecule has 0 bridgehead atoms. The summed E-state index contributed by atoms with van der Waals surface area (Å²) in [6, 6.07) is 60.6. The van der Waals surface area contributed by atoms with Crippen LogP contribution < -0.4 is 0 Å². The maximum absolute atomic E-state index is 8.95. The molecule has 3 aromatic heterocycles. The Labute approximate surface area is 752 Å². The fourth-order valence-electron chi connectivity index (χ4n) is 15.9. The summed E-state index contributed by atoms with van der Waals surface area (Å²) in [5.74, 6) is 0. The van der Waals surface area contributed by atoms with E-state index in [0.717, 1.165) is 110 Å². The first-order valence-corrected chi connectivity index (χ1v) is 42.0. The highest BCUT2D eigenvalue weighted by Crippen LogP contribution is 2.48. The summed E-state index contributed by atoms with van der Waals surface area (Å²) in [6.45, 7) is 55.3. The molecule has 3 nitrogen and oxygen atoms in total. The zero-order valence-electron chi connectivity index (χ0n) is 92.7. The van der Waals surface area contributed by atoms with Crippen LogP contribution in [0.3, 0.4) is 0 Å². The molecule has 3 heterocycles. The van der Waals surface area contributed by atoms with Crippen molar-refractivity contribution in [1.82, 2.24) is 13.7 Å². The number of hydrogen-bond donors (Lipinski definition) is 0. The normalized spacial score (nSPS) is 14.0. The SMILES string of the molecule is C.C.CC.CC.[2H]c1c([2H])c(C)c([2H])c(-c2cccc3c2c2c(C)cccc2n3-c2cc(C(C)(C)C)cc(C(C)(C)C)c2)c1[2H].[2H]c1c([2H])c([2H])c(-c2cccc3c2c2c(C)c(-c4c([2H])c([2H])c([2H])c(C)c4[2H])ccc2n3-c2cc(C(C)(C)C)cc(C(C)(C)C)c2)c([2H])c1[2H].[2H]c1c([2H])c([2H])c(-c2cccc3c2c2cc(-c4ccccc4)ccc2n3-c2cc(C(C)(C)C)cc(C(C)(C)C)c2)c([2H])c1[2H]. The van der Waals surface area contributed by atoms with E-state index in [-0.39, 0.29) is 149 Å². The van der Waals surface area contributed by atoms with Crippen LogP contribution in [0.25, 0.3) is 138 Å². The van der Waals surface area contributed by atoms with Gasteiger partial charge in [0.05, 0.1) is 57.8 Å². The van der Waals surface area contributed by atoms with Gasteiger partial charge in [-0.15, -0.1) is 0 Å². The maximum Gasteiger partial charge on any atom is 0.0632 e. The van der Waals surface area contributed by atoms with Gasteiger partial charge >= 0.3 is 0 Å². The van der Waals surface area contributed by atoms with Gasteiger partial charge in [0.25, 0.3) is 0 Å². The molecule has 0 fully saturated rings. The average Bonchev–Trinajstić information content (AvgIpc) is 1.70. The van der Waals surface area contributed by atoms with Crippen LogP contribution in [0.5, 0.6) is 0 Å². The van der Waals surface area contributed by atoms with Crippen LogP contribution in [-0.4, -0.2) is 13.7 Å². The monoisotopic (exact) mass is 1610 g/mol. The van der Waals surface area contributed by atoms with Crippen LogP contribution >= 0.6 is 0 Å². The third-order valence-corrected chi connectivity index (χ3v) is 22.4. The van der Waals surface area contributed by atoms with Gasteiger partial charge in [0.2, 0.25) is 0 Å². The van der Waals surface area contributed by atoms with Crippen molar-refractivity contribution in [3.05, 3.63) is 352 Å². The Hall–Kier alpha value is -11.5. The summed E-state index contributed by atoms with van der Waals surface area (Å²) < 4.78 is 161. The molecule has 0 aliphatic heterocycles. The number of fused-ring (bicyclic) bond motifs is 9. The molecule has 121 heavy (non-hydrogen) atoms. The van der Waals surface area contributed by atoms with E-state index in [2.05, 4.69) is 261 Å². The molecule has 0 atom stereocenters. The number of aromatic nitrogens is 3. The van der Waals surface area contributed by atoms with E-state index in [1.807, 2.05) is 101 Å². The van der Waals surface area contributed by atoms with Crippen LogP contribution in [0.15, 0.2) is 297 Å². The lowest BCUT2D eigenvalue weighted by Crippen LogP contribution is -2.17. The van der Waals surface area contributed by atoms with Crippen molar-refractivity contribution in [2.45, 2.75) is 227 Å². The smallest absolute Gasteiger partial charge is 0.0632 e. The Morgan fingerprint density at radius 1 is 0.240 bits per heavy atom. The van der Waals surface area contributed by atoms with E-state index in [4.69, 9.17) is 24.7 Å². The molecule has 17 aromatic rings. The summed E-state index contributed by atoms with van der Waals surface area (Å²) in [4.78, 5) is 0. The molecule has 3 heteroatoms. The average molecular weight is 1610 g/mol. The zero-order chi connectivity index (χ0) is 101. The standard InChI is InChI=1S/C40H41N.C38H37N.C34H37N.2C2H6.2CH4/c1-26-14-12-17-29(22-26)33-20-21-36-37(27(33)2)38-34(28-15-10-9-11-16-28)18-13-19-35(38)41(36)32-24-30(39(3,4)5)23-31(25-32)40(6,7)8;1-37(2,3)29-23-30(38(4,5)6)25-31(24-29)39-34-21-20-28(26-14-9-7-10-15-26)22-33(34)36-32(18-13-19-35(36)39)27-16-11-8-12-17-27;1-22-12-9-14-24(18-22)28-15-11-17-30-32(28)31-23(2)13-10-16-29(31)35(30)27-20-25(33(3,4)5)19-26(21-27)34(6,7)8;2*1-2;;/h9-25H,1-8H3;7-25H,1-6H3;9-21H,1-8H3;2*1-2H3;2*1H4/i9D,10D,11D,12D,14D,15D,16D,17D,22D;8D,11D,12D,16D,17D;9D,12D,14D,18D;;;;. The first-order valence-electron chi connectivity index (χ1n) is 51.0. The van der Waals surface area contributed by atoms with Crippen molar-refractivity contribution in [1.29, 1.82) is 0 Å². The van der Waals surface area contributed by atoms with E-state index in [1.54, 1.807) is 19.9 Å². The number of aryl methyl sites for hydroxylation is 2. The molecular weight excluding hydrogens is 1460 g/mol. The van der Waals surface area contributed by atoms with Crippen LogP contribution in [-0.2, 0) is 32.5 Å². The van der Waals surface area contributed by atoms with Gasteiger partial charge in [-0.1, -0.05) is 396 Å². The number of rotatable bonds is 8. The molecule has 0 saturated heterocycles. The molecule has 0 amide bonds. The third kappa shape index (κ3) is 18.4. The predicted octanol–water partition coefficient (Wildman–Crippen LogP) is 35.0. The molecule has 0 spiro atoms. The topological polar surface area (TPSA) is 14.8 Å². The van der Waals surface area contributed by atoms with E-state index in [1.165, 1.54) is 22.3 Å². The molecule has 17 rings (SSSR count). The largest absolute Gasteiger partial charge is 0.309 e. The molecule has 0 aliphatic rings. The lowest BCUT2D eigenvalue weighted by atomic mass is 9.80. The Kier molecular flexibility index (Phi) is 20.1. The van der Waals surface area contributed by atoms with E-state index in [9.17, 15) is 0 Å². The van der Waals surface area contributed by atoms with Gasteiger partial charge in [-0.25, -0.2) is 0 Å². The van der Waals surface area contributed by atoms with Crippen molar-refractivity contribution in [3.8, 4) is 72.7 Å². The van der Waals surface area contributed by atoms with Crippen molar-refractivity contribution in [2.75, 3.05) is 0 Å².